The van der Waals surface area contributed by atoms with E-state index in [4.69, 9.17) is 15.2 Å². The average molecular weight is 326 g/mol. The van der Waals surface area contributed by atoms with Crippen molar-refractivity contribution in [3.8, 4) is 5.75 Å². The number of hydrogen-bond acceptors (Lipinski definition) is 3. The second-order valence-corrected chi connectivity index (χ2v) is 6.32. The second-order valence-electron chi connectivity index (χ2n) is 5.40. The summed E-state index contributed by atoms with van der Waals surface area (Å²) >= 11 is 3.57. The van der Waals surface area contributed by atoms with Crippen molar-refractivity contribution in [1.29, 1.82) is 0 Å². The molecule has 2 unspecified atom stereocenters. The molecule has 1 fully saturated rings. The zero-order valence-electron chi connectivity index (χ0n) is 11.0. The summed E-state index contributed by atoms with van der Waals surface area (Å²) in [5.74, 6) is 1.02. The van der Waals surface area contributed by atoms with Crippen LogP contribution in [0, 0.1) is 0 Å². The molecule has 2 heterocycles. The van der Waals surface area contributed by atoms with Gasteiger partial charge in [0.05, 0.1) is 12.7 Å². The minimum Gasteiger partial charge on any atom is -0.493 e. The highest BCUT2D eigenvalue weighted by molar-refractivity contribution is 9.10. The van der Waals surface area contributed by atoms with Crippen LogP contribution in [0.3, 0.4) is 0 Å². The third-order valence-corrected chi connectivity index (χ3v) is 4.46. The number of benzene rings is 1. The third kappa shape index (κ3) is 2.96. The fourth-order valence-electron chi connectivity index (χ4n) is 2.97. The average Bonchev–Trinajstić information content (AvgIpc) is 3.05. The Morgan fingerprint density at radius 1 is 1.37 bits per heavy atom. The Morgan fingerprint density at radius 2 is 2.26 bits per heavy atom. The normalized spacial score (nSPS) is 23.2. The number of rotatable bonds is 4. The van der Waals surface area contributed by atoms with Gasteiger partial charge >= 0.3 is 0 Å². The van der Waals surface area contributed by atoms with E-state index in [1.807, 2.05) is 0 Å². The highest BCUT2D eigenvalue weighted by atomic mass is 79.9. The van der Waals surface area contributed by atoms with Crippen LogP contribution in [0.1, 0.15) is 42.9 Å². The lowest BCUT2D eigenvalue weighted by atomic mass is 9.97. The van der Waals surface area contributed by atoms with Crippen molar-refractivity contribution < 1.29 is 9.47 Å². The van der Waals surface area contributed by atoms with Crippen molar-refractivity contribution in [2.75, 3.05) is 13.2 Å². The fourth-order valence-corrected chi connectivity index (χ4v) is 3.49. The Hall–Kier alpha value is -0.580. The van der Waals surface area contributed by atoms with E-state index in [1.54, 1.807) is 0 Å². The molecule has 1 aromatic rings. The van der Waals surface area contributed by atoms with Crippen molar-refractivity contribution in [2.24, 2.45) is 5.73 Å². The van der Waals surface area contributed by atoms with Gasteiger partial charge in [-0.05, 0) is 43.4 Å². The Morgan fingerprint density at radius 3 is 3.05 bits per heavy atom. The van der Waals surface area contributed by atoms with Crippen LogP contribution in [-0.4, -0.2) is 19.3 Å². The molecule has 19 heavy (non-hydrogen) atoms. The van der Waals surface area contributed by atoms with Crippen LogP contribution in [0.5, 0.6) is 5.75 Å². The predicted octanol–water partition coefficient (Wildman–Crippen LogP) is 3.34. The van der Waals surface area contributed by atoms with E-state index >= 15 is 0 Å². The SMILES string of the molecule is NC(CCC1CCCO1)c1cc(Br)cc2c1OCC2. The molecule has 1 saturated heterocycles. The highest BCUT2D eigenvalue weighted by Crippen LogP contribution is 2.37. The van der Waals surface area contributed by atoms with Crippen molar-refractivity contribution in [3.05, 3.63) is 27.7 Å². The van der Waals surface area contributed by atoms with Crippen LogP contribution in [0.2, 0.25) is 0 Å². The second kappa shape index (κ2) is 5.81. The molecule has 2 atom stereocenters. The van der Waals surface area contributed by atoms with Crippen LogP contribution in [-0.2, 0) is 11.2 Å². The van der Waals surface area contributed by atoms with Gasteiger partial charge in [-0.15, -0.1) is 0 Å². The van der Waals surface area contributed by atoms with Crippen molar-refractivity contribution in [1.82, 2.24) is 0 Å². The van der Waals surface area contributed by atoms with E-state index in [0.717, 1.165) is 48.3 Å². The van der Waals surface area contributed by atoms with Gasteiger partial charge in [0, 0.05) is 29.1 Å². The maximum atomic E-state index is 6.36. The molecule has 4 heteroatoms. The van der Waals surface area contributed by atoms with E-state index in [9.17, 15) is 0 Å². The van der Waals surface area contributed by atoms with E-state index in [2.05, 4.69) is 28.1 Å². The largest absolute Gasteiger partial charge is 0.493 e. The Labute approximate surface area is 122 Å². The summed E-state index contributed by atoms with van der Waals surface area (Å²) in [7, 11) is 0. The quantitative estimate of drug-likeness (QED) is 0.923. The molecule has 2 aliphatic rings. The van der Waals surface area contributed by atoms with E-state index in [0.29, 0.717) is 6.10 Å². The number of ether oxygens (including phenoxy) is 2. The lowest BCUT2D eigenvalue weighted by Gasteiger charge is -2.18. The minimum atomic E-state index is 0.0357. The smallest absolute Gasteiger partial charge is 0.127 e. The molecule has 0 amide bonds. The molecule has 0 aliphatic carbocycles. The lowest BCUT2D eigenvalue weighted by molar-refractivity contribution is 0.101. The van der Waals surface area contributed by atoms with Crippen LogP contribution in [0.25, 0.3) is 0 Å². The van der Waals surface area contributed by atoms with Crippen LogP contribution in [0.4, 0.5) is 0 Å². The Kier molecular flexibility index (Phi) is 4.10. The number of halogens is 1. The first-order valence-electron chi connectivity index (χ1n) is 7.06. The fraction of sp³-hybridized carbons (Fsp3) is 0.600. The Bertz CT molecular complexity index is 458. The monoisotopic (exact) mass is 325 g/mol. The topological polar surface area (TPSA) is 44.5 Å². The van der Waals surface area contributed by atoms with Gasteiger partial charge in [-0.1, -0.05) is 15.9 Å². The molecule has 2 N–H and O–H groups in total. The summed E-state index contributed by atoms with van der Waals surface area (Å²) in [5.41, 5.74) is 8.77. The molecular formula is C15H20BrNO2. The van der Waals surface area contributed by atoms with Crippen molar-refractivity contribution >= 4 is 15.9 Å². The van der Waals surface area contributed by atoms with Gasteiger partial charge in [0.2, 0.25) is 0 Å². The minimum absolute atomic E-state index is 0.0357. The van der Waals surface area contributed by atoms with E-state index < -0.39 is 0 Å². The van der Waals surface area contributed by atoms with Crippen molar-refractivity contribution in [3.63, 3.8) is 0 Å². The molecule has 0 spiro atoms. The summed E-state index contributed by atoms with van der Waals surface area (Å²) in [6, 6.07) is 4.27. The van der Waals surface area contributed by atoms with Crippen LogP contribution >= 0.6 is 15.9 Å². The van der Waals surface area contributed by atoms with E-state index in [1.165, 1.54) is 18.4 Å². The molecule has 0 radical (unpaired) electrons. The first-order valence-corrected chi connectivity index (χ1v) is 7.85. The van der Waals surface area contributed by atoms with Crippen molar-refractivity contribution in [2.45, 2.75) is 44.2 Å². The standard InChI is InChI=1S/C15H20BrNO2/c16-11-8-10-5-7-19-15(10)13(9-11)14(17)4-3-12-2-1-6-18-12/h8-9,12,14H,1-7,17H2. The number of fused-ring (bicyclic) bond motifs is 1. The third-order valence-electron chi connectivity index (χ3n) is 4.00. The van der Waals surface area contributed by atoms with Gasteiger partial charge in [0.1, 0.15) is 5.75 Å². The summed E-state index contributed by atoms with van der Waals surface area (Å²) in [6.07, 6.45) is 5.77. The first kappa shape index (κ1) is 13.4. The zero-order valence-corrected chi connectivity index (χ0v) is 12.6. The van der Waals surface area contributed by atoms with Gasteiger partial charge < -0.3 is 15.2 Å². The zero-order chi connectivity index (χ0) is 13.2. The summed E-state index contributed by atoms with van der Waals surface area (Å²) in [6.45, 7) is 1.69. The molecule has 1 aromatic carbocycles. The summed E-state index contributed by atoms with van der Waals surface area (Å²) < 4.78 is 12.5. The van der Waals surface area contributed by atoms with Gasteiger partial charge in [-0.3, -0.25) is 0 Å². The van der Waals surface area contributed by atoms with Gasteiger partial charge in [0.25, 0.3) is 0 Å². The molecular weight excluding hydrogens is 306 g/mol. The summed E-state index contributed by atoms with van der Waals surface area (Å²) in [4.78, 5) is 0. The van der Waals surface area contributed by atoms with Crippen LogP contribution < -0.4 is 10.5 Å². The maximum absolute atomic E-state index is 6.36. The lowest BCUT2D eigenvalue weighted by Crippen LogP contribution is -2.15. The van der Waals surface area contributed by atoms with Gasteiger partial charge in [-0.25, -0.2) is 0 Å². The highest BCUT2D eigenvalue weighted by Gasteiger charge is 2.23. The van der Waals surface area contributed by atoms with Gasteiger partial charge in [0.15, 0.2) is 0 Å². The summed E-state index contributed by atoms with van der Waals surface area (Å²) in [5, 5.41) is 0. The van der Waals surface area contributed by atoms with Gasteiger partial charge in [-0.2, -0.15) is 0 Å². The first-order chi connectivity index (χ1) is 9.24. The molecule has 0 aromatic heterocycles. The molecule has 3 nitrogen and oxygen atoms in total. The molecule has 3 rings (SSSR count). The Balaban J connectivity index is 1.70. The molecule has 0 saturated carbocycles. The molecule has 104 valence electrons. The van der Waals surface area contributed by atoms with Crippen LogP contribution in [0.15, 0.2) is 16.6 Å². The molecule has 0 bridgehead atoms. The molecule has 2 aliphatic heterocycles. The predicted molar refractivity (Wildman–Crippen MR) is 78.5 cm³/mol. The number of nitrogens with two attached hydrogens (primary N) is 1. The number of hydrogen-bond donors (Lipinski definition) is 1. The maximum Gasteiger partial charge on any atom is 0.127 e. The van der Waals surface area contributed by atoms with E-state index in [-0.39, 0.29) is 6.04 Å².